The largest absolute Gasteiger partial charge is 0.455 e. The van der Waals surface area contributed by atoms with E-state index >= 15 is 0 Å². The van der Waals surface area contributed by atoms with Gasteiger partial charge in [-0.25, -0.2) is 4.98 Å². The fourth-order valence-electron chi connectivity index (χ4n) is 8.97. The molecule has 250 valence electrons. The van der Waals surface area contributed by atoms with E-state index in [0.717, 1.165) is 61.3 Å². The molecule has 0 radical (unpaired) electrons. The Bertz CT molecular complexity index is 3000. The minimum Gasteiger partial charge on any atom is -0.455 e. The monoisotopic (exact) mass is 678 g/mol. The summed E-state index contributed by atoms with van der Waals surface area (Å²) in [7, 11) is 0. The van der Waals surface area contributed by atoms with E-state index in [1.165, 1.54) is 44.1 Å². The molecule has 0 amide bonds. The average Bonchev–Trinajstić information content (AvgIpc) is 3.84. The second kappa shape index (κ2) is 11.1. The van der Waals surface area contributed by atoms with E-state index in [1.807, 2.05) is 12.1 Å². The quantitative estimate of drug-likeness (QED) is 0.185. The first kappa shape index (κ1) is 30.0. The molecule has 0 fully saturated rings. The minimum absolute atomic E-state index is 0.218. The fraction of sp³-hybridized carbons (Fsp3) is 0.0600. The molecular formula is C50H34N2O. The van der Waals surface area contributed by atoms with E-state index < -0.39 is 0 Å². The van der Waals surface area contributed by atoms with Crippen molar-refractivity contribution in [1.82, 2.24) is 9.55 Å². The van der Waals surface area contributed by atoms with Crippen molar-refractivity contribution in [3.05, 3.63) is 181 Å². The molecule has 0 aliphatic heterocycles. The smallest absolute Gasteiger partial charge is 0.145 e. The summed E-state index contributed by atoms with van der Waals surface area (Å²) in [5, 5.41) is 4.85. The Morgan fingerprint density at radius 2 is 1.13 bits per heavy atom. The average molecular weight is 679 g/mol. The minimum atomic E-state index is -0.218. The Balaban J connectivity index is 1.18. The second-order valence-corrected chi connectivity index (χ2v) is 14.7. The molecule has 0 spiro atoms. The number of benzene rings is 7. The molecule has 7 aromatic carbocycles. The number of para-hydroxylation sites is 2. The third-order valence-electron chi connectivity index (χ3n) is 11.4. The maximum atomic E-state index is 6.89. The maximum Gasteiger partial charge on any atom is 0.145 e. The summed E-state index contributed by atoms with van der Waals surface area (Å²) in [4.78, 5) is 5.12. The highest BCUT2D eigenvalue weighted by atomic mass is 16.3. The van der Waals surface area contributed by atoms with E-state index in [9.17, 15) is 0 Å². The molecular weight excluding hydrogens is 645 g/mol. The number of furan rings is 1. The lowest BCUT2D eigenvalue weighted by atomic mass is 9.80. The first-order chi connectivity index (χ1) is 26.1. The van der Waals surface area contributed by atoms with Crippen LogP contribution in [-0.2, 0) is 5.41 Å². The molecule has 1 aliphatic rings. The van der Waals surface area contributed by atoms with E-state index in [2.05, 4.69) is 176 Å². The molecule has 3 nitrogen and oxygen atoms in total. The first-order valence-electron chi connectivity index (χ1n) is 18.3. The molecule has 53 heavy (non-hydrogen) atoms. The first-order valence-corrected chi connectivity index (χ1v) is 18.3. The molecule has 0 bridgehead atoms. The van der Waals surface area contributed by atoms with Crippen molar-refractivity contribution in [2.45, 2.75) is 19.3 Å². The Hall–Kier alpha value is -6.71. The molecule has 11 rings (SSSR count). The van der Waals surface area contributed by atoms with Gasteiger partial charge >= 0.3 is 0 Å². The zero-order chi connectivity index (χ0) is 35.3. The highest BCUT2D eigenvalue weighted by Crippen LogP contribution is 2.57. The number of fused-ring (bicyclic) bond motifs is 12. The number of hydrogen-bond acceptors (Lipinski definition) is 2. The van der Waals surface area contributed by atoms with Gasteiger partial charge < -0.3 is 8.98 Å². The van der Waals surface area contributed by atoms with Crippen molar-refractivity contribution in [2.75, 3.05) is 0 Å². The molecule has 3 heterocycles. The van der Waals surface area contributed by atoms with Crippen LogP contribution in [0.3, 0.4) is 0 Å². The van der Waals surface area contributed by atoms with Crippen molar-refractivity contribution in [2.24, 2.45) is 0 Å². The SMILES string of the molecule is CC1(C)c2ccccc2-c2c1c1c3ccccc3n(-c3ccc(-c4cc(-c5ccccc5)nc(-c5ccccc5)c4)cc3)c1c1c2oc2ccccc21. The van der Waals surface area contributed by atoms with Crippen molar-refractivity contribution < 1.29 is 4.42 Å². The zero-order valence-electron chi connectivity index (χ0n) is 29.5. The lowest BCUT2D eigenvalue weighted by Gasteiger charge is -2.23. The standard InChI is InChI=1S/C50H34N2O/c1-50(2)39-22-12-9-19-36(39)45-47(50)44-37-20-10-13-23-42(37)52(48(44)46-38-21-11-14-24-43(38)53-49(45)46)35-27-25-31(26-28-35)34-29-40(32-15-5-3-6-16-32)51-41(30-34)33-17-7-4-8-18-33/h3-30H,1-2H3. The molecule has 3 heteroatoms. The van der Waals surface area contributed by atoms with Crippen LogP contribution >= 0.6 is 0 Å². The Labute approximate surface area is 307 Å². The maximum absolute atomic E-state index is 6.89. The molecule has 10 aromatic rings. The van der Waals surface area contributed by atoms with E-state index in [4.69, 9.17) is 9.40 Å². The number of aromatic nitrogens is 2. The molecule has 0 saturated carbocycles. The summed E-state index contributed by atoms with van der Waals surface area (Å²) < 4.78 is 9.36. The summed E-state index contributed by atoms with van der Waals surface area (Å²) in [5.41, 5.74) is 16.7. The third-order valence-corrected chi connectivity index (χ3v) is 11.4. The molecule has 3 aromatic heterocycles. The van der Waals surface area contributed by atoms with Crippen LogP contribution in [0.15, 0.2) is 174 Å². The van der Waals surface area contributed by atoms with Gasteiger partial charge in [-0.2, -0.15) is 0 Å². The van der Waals surface area contributed by atoms with Crippen LogP contribution in [0, 0.1) is 0 Å². The van der Waals surface area contributed by atoms with Gasteiger partial charge in [-0.1, -0.05) is 147 Å². The lowest BCUT2D eigenvalue weighted by molar-refractivity contribution is 0.658. The molecule has 0 atom stereocenters. The molecule has 0 saturated heterocycles. The predicted molar refractivity (Wildman–Crippen MR) is 220 cm³/mol. The summed E-state index contributed by atoms with van der Waals surface area (Å²) >= 11 is 0. The number of rotatable bonds is 4. The van der Waals surface area contributed by atoms with Gasteiger partial charge in [0.15, 0.2) is 0 Å². The molecule has 0 N–H and O–H groups in total. The molecule has 1 aliphatic carbocycles. The van der Waals surface area contributed by atoms with Crippen LogP contribution in [0.25, 0.3) is 94.2 Å². The Morgan fingerprint density at radius 3 is 1.85 bits per heavy atom. The van der Waals surface area contributed by atoms with Crippen LogP contribution in [0.1, 0.15) is 25.0 Å². The zero-order valence-corrected chi connectivity index (χ0v) is 29.5. The van der Waals surface area contributed by atoms with Gasteiger partial charge in [-0.05, 0) is 64.2 Å². The number of hydrogen-bond donors (Lipinski definition) is 0. The Kier molecular flexibility index (Phi) is 6.30. The van der Waals surface area contributed by atoms with Crippen LogP contribution in [0.5, 0.6) is 0 Å². The van der Waals surface area contributed by atoms with Gasteiger partial charge in [-0.15, -0.1) is 0 Å². The summed E-state index contributed by atoms with van der Waals surface area (Å²) in [6, 6.07) is 60.6. The van der Waals surface area contributed by atoms with Gasteiger partial charge in [0.25, 0.3) is 0 Å². The van der Waals surface area contributed by atoms with Crippen molar-refractivity contribution in [3.8, 4) is 50.5 Å². The third kappa shape index (κ3) is 4.31. The van der Waals surface area contributed by atoms with E-state index in [-0.39, 0.29) is 5.41 Å². The van der Waals surface area contributed by atoms with E-state index in [1.54, 1.807) is 0 Å². The summed E-state index contributed by atoms with van der Waals surface area (Å²) in [6.07, 6.45) is 0. The van der Waals surface area contributed by atoms with Crippen LogP contribution in [0.4, 0.5) is 0 Å². The summed E-state index contributed by atoms with van der Waals surface area (Å²) in [6.45, 7) is 4.74. The normalized spacial score (nSPS) is 13.2. The molecule has 0 unspecified atom stereocenters. The van der Waals surface area contributed by atoms with Crippen LogP contribution in [-0.4, -0.2) is 9.55 Å². The second-order valence-electron chi connectivity index (χ2n) is 14.7. The highest BCUT2D eigenvalue weighted by Gasteiger charge is 2.41. The highest BCUT2D eigenvalue weighted by molar-refractivity contribution is 6.30. The number of nitrogens with zero attached hydrogens (tertiary/aromatic N) is 2. The summed E-state index contributed by atoms with van der Waals surface area (Å²) in [5.74, 6) is 0. The fourth-order valence-corrected chi connectivity index (χ4v) is 8.97. The van der Waals surface area contributed by atoms with Crippen molar-refractivity contribution >= 4 is 43.7 Å². The van der Waals surface area contributed by atoms with Crippen molar-refractivity contribution in [1.29, 1.82) is 0 Å². The predicted octanol–water partition coefficient (Wildman–Crippen LogP) is 13.4. The van der Waals surface area contributed by atoms with Crippen LogP contribution in [0.2, 0.25) is 0 Å². The van der Waals surface area contributed by atoms with Crippen LogP contribution < -0.4 is 0 Å². The number of pyridine rings is 1. The van der Waals surface area contributed by atoms with Gasteiger partial charge in [-0.3, -0.25) is 0 Å². The van der Waals surface area contributed by atoms with E-state index in [0.29, 0.717) is 0 Å². The topological polar surface area (TPSA) is 31.0 Å². The van der Waals surface area contributed by atoms with Gasteiger partial charge in [0.05, 0.1) is 27.8 Å². The van der Waals surface area contributed by atoms with Gasteiger partial charge in [0, 0.05) is 44.0 Å². The van der Waals surface area contributed by atoms with Gasteiger partial charge in [0.1, 0.15) is 11.2 Å². The van der Waals surface area contributed by atoms with Crippen molar-refractivity contribution in [3.63, 3.8) is 0 Å². The van der Waals surface area contributed by atoms with Gasteiger partial charge in [0.2, 0.25) is 0 Å². The Morgan fingerprint density at radius 1 is 0.528 bits per heavy atom. The lowest BCUT2D eigenvalue weighted by Crippen LogP contribution is -2.15.